The Morgan fingerprint density at radius 1 is 1.21 bits per heavy atom. The highest BCUT2D eigenvalue weighted by atomic mass is 19.4. The molecule has 1 aromatic heterocycles. The Kier molecular flexibility index (Phi) is 4.58. The van der Waals surface area contributed by atoms with Gasteiger partial charge in [0.1, 0.15) is 6.54 Å². The molecule has 2 atom stereocenters. The highest BCUT2D eigenvalue weighted by molar-refractivity contribution is 5.26. The van der Waals surface area contributed by atoms with Gasteiger partial charge in [-0.15, -0.1) is 5.10 Å². The van der Waals surface area contributed by atoms with E-state index in [0.29, 0.717) is 12.5 Å². The van der Waals surface area contributed by atoms with Gasteiger partial charge < -0.3 is 0 Å². The molecule has 0 spiro atoms. The van der Waals surface area contributed by atoms with Crippen LogP contribution in [0.3, 0.4) is 0 Å². The van der Waals surface area contributed by atoms with Gasteiger partial charge in [-0.3, -0.25) is 4.90 Å². The van der Waals surface area contributed by atoms with Crippen LogP contribution in [0, 0.1) is 6.92 Å². The molecule has 1 aromatic carbocycles. The van der Waals surface area contributed by atoms with Crippen LogP contribution < -0.4 is 0 Å². The SMILES string of the molecule is Cc1ccc([C@@H]2C[C@@H](C)N(Cc3nnnn3CC(F)(F)F)C2)cc1. The lowest BCUT2D eigenvalue weighted by Crippen LogP contribution is -2.29. The number of aryl methyl sites for hydroxylation is 1. The van der Waals surface area contributed by atoms with Crippen LogP contribution in [0.2, 0.25) is 0 Å². The molecule has 5 nitrogen and oxygen atoms in total. The molecule has 1 aliphatic rings. The van der Waals surface area contributed by atoms with Crippen LogP contribution in [0.15, 0.2) is 24.3 Å². The molecule has 1 fully saturated rings. The van der Waals surface area contributed by atoms with Crippen molar-refractivity contribution in [3.63, 3.8) is 0 Å². The molecule has 0 N–H and O–H groups in total. The van der Waals surface area contributed by atoms with Crippen LogP contribution in [-0.2, 0) is 13.1 Å². The summed E-state index contributed by atoms with van der Waals surface area (Å²) in [5, 5.41) is 10.6. The molecule has 24 heavy (non-hydrogen) atoms. The molecule has 130 valence electrons. The number of nitrogens with zero attached hydrogens (tertiary/aromatic N) is 5. The first-order valence-electron chi connectivity index (χ1n) is 7.94. The minimum atomic E-state index is -4.33. The first kappa shape index (κ1) is 16.9. The van der Waals surface area contributed by atoms with Crippen LogP contribution in [0.1, 0.15) is 36.2 Å². The van der Waals surface area contributed by atoms with Gasteiger partial charge in [0.2, 0.25) is 0 Å². The number of aromatic nitrogens is 4. The summed E-state index contributed by atoms with van der Waals surface area (Å²) in [7, 11) is 0. The molecule has 3 rings (SSSR count). The normalized spacial score (nSPS) is 22.2. The molecule has 0 unspecified atom stereocenters. The van der Waals surface area contributed by atoms with Gasteiger partial charge in [0.25, 0.3) is 0 Å². The first-order valence-corrected chi connectivity index (χ1v) is 7.94. The maximum atomic E-state index is 12.6. The summed E-state index contributed by atoms with van der Waals surface area (Å²) in [6.07, 6.45) is -3.35. The maximum absolute atomic E-state index is 12.6. The smallest absolute Gasteiger partial charge is 0.293 e. The molecular weight excluding hydrogens is 319 g/mol. The Bertz CT molecular complexity index is 680. The van der Waals surface area contributed by atoms with Crippen molar-refractivity contribution in [2.24, 2.45) is 0 Å². The van der Waals surface area contributed by atoms with Gasteiger partial charge in [-0.25, -0.2) is 4.68 Å². The summed E-state index contributed by atoms with van der Waals surface area (Å²) in [6.45, 7) is 4.11. The Balaban J connectivity index is 1.68. The summed E-state index contributed by atoms with van der Waals surface area (Å²) < 4.78 is 38.6. The summed E-state index contributed by atoms with van der Waals surface area (Å²) in [5.41, 5.74) is 2.48. The average molecular weight is 339 g/mol. The summed E-state index contributed by atoms with van der Waals surface area (Å²) in [6, 6.07) is 8.71. The quantitative estimate of drug-likeness (QED) is 0.859. The van der Waals surface area contributed by atoms with Crippen LogP contribution >= 0.6 is 0 Å². The number of likely N-dealkylation sites (tertiary alicyclic amines) is 1. The number of benzene rings is 1. The van der Waals surface area contributed by atoms with E-state index < -0.39 is 12.7 Å². The number of tetrazole rings is 1. The zero-order valence-electron chi connectivity index (χ0n) is 13.7. The molecular formula is C16H20F3N5. The highest BCUT2D eigenvalue weighted by Gasteiger charge is 2.33. The monoisotopic (exact) mass is 339 g/mol. The highest BCUT2D eigenvalue weighted by Crippen LogP contribution is 2.32. The topological polar surface area (TPSA) is 46.8 Å². The van der Waals surface area contributed by atoms with Gasteiger partial charge in [0.05, 0.1) is 6.54 Å². The predicted octanol–water partition coefficient (Wildman–Crippen LogP) is 2.92. The van der Waals surface area contributed by atoms with E-state index in [1.807, 2.05) is 6.92 Å². The molecule has 2 aromatic rings. The Hall–Kier alpha value is -1.96. The maximum Gasteiger partial charge on any atom is 0.408 e. The van der Waals surface area contributed by atoms with Crippen molar-refractivity contribution in [3.8, 4) is 0 Å². The second-order valence-corrected chi connectivity index (χ2v) is 6.49. The zero-order chi connectivity index (χ0) is 17.3. The molecule has 2 heterocycles. The van der Waals surface area contributed by atoms with Crippen molar-refractivity contribution >= 4 is 0 Å². The molecule has 0 bridgehead atoms. The second-order valence-electron chi connectivity index (χ2n) is 6.49. The summed E-state index contributed by atoms with van der Waals surface area (Å²) in [5.74, 6) is 0.635. The number of rotatable bonds is 4. The molecule has 0 amide bonds. The van der Waals surface area contributed by atoms with Gasteiger partial charge in [-0.1, -0.05) is 29.8 Å². The van der Waals surface area contributed by atoms with E-state index in [2.05, 4.69) is 51.6 Å². The average Bonchev–Trinajstić information content (AvgIpc) is 3.06. The van der Waals surface area contributed by atoms with Crippen LogP contribution in [0.5, 0.6) is 0 Å². The lowest BCUT2D eigenvalue weighted by atomic mass is 9.96. The zero-order valence-corrected chi connectivity index (χ0v) is 13.7. The van der Waals surface area contributed by atoms with Gasteiger partial charge in [-0.05, 0) is 42.2 Å². The van der Waals surface area contributed by atoms with Gasteiger partial charge >= 0.3 is 6.18 Å². The molecule has 1 saturated heterocycles. The van der Waals surface area contributed by atoms with E-state index in [0.717, 1.165) is 17.6 Å². The lowest BCUT2D eigenvalue weighted by molar-refractivity contribution is -0.143. The number of hydrogen-bond donors (Lipinski definition) is 0. The Labute approximate surface area is 138 Å². The van der Waals surface area contributed by atoms with Crippen molar-refractivity contribution in [1.29, 1.82) is 0 Å². The predicted molar refractivity (Wildman–Crippen MR) is 82.3 cm³/mol. The van der Waals surface area contributed by atoms with Crippen LogP contribution in [0.25, 0.3) is 0 Å². The van der Waals surface area contributed by atoms with Crippen LogP contribution in [-0.4, -0.2) is 43.9 Å². The van der Waals surface area contributed by atoms with E-state index in [9.17, 15) is 13.2 Å². The fourth-order valence-corrected chi connectivity index (χ4v) is 3.21. The van der Waals surface area contributed by atoms with Gasteiger partial charge in [0.15, 0.2) is 5.82 Å². The minimum Gasteiger partial charge on any atom is -0.293 e. The molecule has 1 aliphatic heterocycles. The van der Waals surface area contributed by atoms with Gasteiger partial charge in [-0.2, -0.15) is 13.2 Å². The number of halogens is 3. The lowest BCUT2D eigenvalue weighted by Gasteiger charge is -2.20. The van der Waals surface area contributed by atoms with Crippen LogP contribution in [0.4, 0.5) is 13.2 Å². The van der Waals surface area contributed by atoms with Gasteiger partial charge in [0, 0.05) is 12.6 Å². The van der Waals surface area contributed by atoms with Crippen molar-refractivity contribution < 1.29 is 13.2 Å². The second kappa shape index (κ2) is 6.51. The van der Waals surface area contributed by atoms with Crippen molar-refractivity contribution in [1.82, 2.24) is 25.1 Å². The van der Waals surface area contributed by atoms with E-state index >= 15 is 0 Å². The third kappa shape index (κ3) is 3.92. The van der Waals surface area contributed by atoms with E-state index in [1.54, 1.807) is 0 Å². The van der Waals surface area contributed by atoms with Crippen molar-refractivity contribution in [2.75, 3.05) is 6.54 Å². The summed E-state index contributed by atoms with van der Waals surface area (Å²) >= 11 is 0. The Morgan fingerprint density at radius 2 is 1.92 bits per heavy atom. The van der Waals surface area contributed by atoms with Crippen molar-refractivity contribution in [2.45, 2.75) is 51.5 Å². The molecule has 8 heteroatoms. The fraction of sp³-hybridized carbons (Fsp3) is 0.562. The van der Waals surface area contributed by atoms with E-state index in [1.165, 1.54) is 11.1 Å². The van der Waals surface area contributed by atoms with E-state index in [4.69, 9.17) is 0 Å². The first-order chi connectivity index (χ1) is 11.3. The van der Waals surface area contributed by atoms with E-state index in [-0.39, 0.29) is 11.9 Å². The van der Waals surface area contributed by atoms with Crippen molar-refractivity contribution in [3.05, 3.63) is 41.2 Å². The molecule has 0 aliphatic carbocycles. The standard InChI is InChI=1S/C16H20F3N5/c1-11-3-5-13(6-4-11)14-7-12(2)23(8-14)9-15-20-21-22-24(15)10-16(17,18)19/h3-6,12,14H,7-10H2,1-2H3/t12-,14-/m1/s1. The minimum absolute atomic E-state index is 0.253. The summed E-state index contributed by atoms with van der Waals surface area (Å²) in [4.78, 5) is 2.14. The largest absolute Gasteiger partial charge is 0.408 e. The molecule has 0 radical (unpaired) electrons. The fourth-order valence-electron chi connectivity index (χ4n) is 3.21. The number of hydrogen-bond acceptors (Lipinski definition) is 4. The third-order valence-electron chi connectivity index (χ3n) is 4.53. The molecule has 0 saturated carbocycles. The third-order valence-corrected chi connectivity index (χ3v) is 4.53. The Morgan fingerprint density at radius 3 is 2.58 bits per heavy atom. The number of alkyl halides is 3.